The maximum absolute atomic E-state index is 9.84. The zero-order valence-corrected chi connectivity index (χ0v) is 19.4. The van der Waals surface area contributed by atoms with Crippen LogP contribution in [0.5, 0.6) is 11.5 Å². The molecular weight excluding hydrogens is 392 g/mol. The Labute approximate surface area is 190 Å². The minimum Gasteiger partial charge on any atom is -0.508 e. The maximum Gasteiger partial charge on any atom is 0.118 e. The molecule has 0 bridgehead atoms. The van der Waals surface area contributed by atoms with Crippen molar-refractivity contribution in [2.24, 2.45) is 0 Å². The molecular formula is C30H30O2. The van der Waals surface area contributed by atoms with Crippen molar-refractivity contribution in [2.45, 2.75) is 33.1 Å². The quantitative estimate of drug-likeness (QED) is 0.361. The zero-order valence-electron chi connectivity index (χ0n) is 19.4. The molecule has 32 heavy (non-hydrogen) atoms. The van der Waals surface area contributed by atoms with Crippen molar-refractivity contribution >= 4 is 16.8 Å². The van der Waals surface area contributed by atoms with Crippen LogP contribution in [0.1, 0.15) is 40.3 Å². The van der Waals surface area contributed by atoms with Gasteiger partial charge in [-0.25, -0.2) is 0 Å². The van der Waals surface area contributed by atoms with Crippen LogP contribution in [0.25, 0.3) is 16.8 Å². The van der Waals surface area contributed by atoms with Crippen LogP contribution in [-0.4, -0.2) is 12.2 Å². The second kappa shape index (κ2) is 8.55. The lowest BCUT2D eigenvalue weighted by Gasteiger charge is -2.28. The van der Waals surface area contributed by atoms with Crippen molar-refractivity contribution in [3.8, 4) is 11.5 Å². The monoisotopic (exact) mass is 422 g/mol. The smallest absolute Gasteiger partial charge is 0.118 e. The first-order valence-electron chi connectivity index (χ1n) is 11.0. The third kappa shape index (κ3) is 3.78. The summed E-state index contributed by atoms with van der Waals surface area (Å²) in [6.07, 6.45) is 4.55. The molecule has 0 radical (unpaired) electrons. The molecule has 4 aromatic carbocycles. The maximum atomic E-state index is 9.84. The highest BCUT2D eigenvalue weighted by atomic mass is 16.5. The number of methoxy groups -OCH3 is 1. The lowest BCUT2D eigenvalue weighted by molar-refractivity contribution is 0.414. The Morgan fingerprint density at radius 3 is 1.81 bits per heavy atom. The number of phenolic OH excluding ortho intramolecular Hbond substituents is 1. The summed E-state index contributed by atoms with van der Waals surface area (Å²) in [6, 6.07) is 24.3. The topological polar surface area (TPSA) is 29.5 Å². The summed E-state index contributed by atoms with van der Waals surface area (Å²) in [6.45, 7) is 8.84. The fraction of sp³-hybridized carbons (Fsp3) is 0.200. The van der Waals surface area contributed by atoms with Gasteiger partial charge in [0.05, 0.1) is 7.11 Å². The van der Waals surface area contributed by atoms with Gasteiger partial charge in [-0.1, -0.05) is 60.7 Å². The Hall–Kier alpha value is -3.52. The predicted molar refractivity (Wildman–Crippen MR) is 135 cm³/mol. The molecule has 2 heteroatoms. The number of aryl methyl sites for hydroxylation is 2. The van der Waals surface area contributed by atoms with Crippen LogP contribution < -0.4 is 4.74 Å². The number of allylic oxidation sites excluding steroid dienone is 1. The van der Waals surface area contributed by atoms with Crippen LogP contribution >= 0.6 is 0 Å². The van der Waals surface area contributed by atoms with Gasteiger partial charge in [0.25, 0.3) is 0 Å². The van der Waals surface area contributed by atoms with Gasteiger partial charge in [0, 0.05) is 5.41 Å². The Morgan fingerprint density at radius 1 is 0.719 bits per heavy atom. The van der Waals surface area contributed by atoms with Gasteiger partial charge in [0.15, 0.2) is 0 Å². The molecule has 1 unspecified atom stereocenters. The Morgan fingerprint density at radius 2 is 1.25 bits per heavy atom. The van der Waals surface area contributed by atoms with Crippen molar-refractivity contribution in [3.05, 3.63) is 112 Å². The first-order chi connectivity index (χ1) is 15.3. The number of hydrogen-bond acceptors (Lipinski definition) is 2. The van der Waals surface area contributed by atoms with E-state index in [9.17, 15) is 5.11 Å². The summed E-state index contributed by atoms with van der Waals surface area (Å²) >= 11 is 0. The van der Waals surface area contributed by atoms with E-state index in [1.807, 2.05) is 24.3 Å². The SMILES string of the molecule is COc1ccc(C(C)(/C=C\c2c(C)c(C)c3ccccc3c2C)c2ccc(O)cc2)cc1. The van der Waals surface area contributed by atoms with E-state index < -0.39 is 0 Å². The average Bonchev–Trinajstić information content (AvgIpc) is 2.83. The molecule has 1 N–H and O–H groups in total. The number of fused-ring (bicyclic) bond motifs is 1. The van der Waals surface area contributed by atoms with Crippen LogP contribution in [0.2, 0.25) is 0 Å². The van der Waals surface area contributed by atoms with E-state index in [1.165, 1.54) is 33.0 Å². The second-order valence-electron chi connectivity index (χ2n) is 8.65. The summed E-state index contributed by atoms with van der Waals surface area (Å²) < 4.78 is 5.37. The first kappa shape index (κ1) is 21.7. The molecule has 1 atom stereocenters. The highest BCUT2D eigenvalue weighted by Crippen LogP contribution is 2.37. The third-order valence-corrected chi connectivity index (χ3v) is 6.85. The van der Waals surface area contributed by atoms with E-state index >= 15 is 0 Å². The molecule has 0 aromatic heterocycles. The number of benzene rings is 4. The molecule has 0 spiro atoms. The van der Waals surface area contributed by atoms with E-state index in [1.54, 1.807) is 19.2 Å². The summed E-state index contributed by atoms with van der Waals surface area (Å²) in [5, 5.41) is 12.5. The summed E-state index contributed by atoms with van der Waals surface area (Å²) in [5.41, 5.74) is 7.08. The van der Waals surface area contributed by atoms with Crippen LogP contribution in [0.3, 0.4) is 0 Å². The summed E-state index contributed by atoms with van der Waals surface area (Å²) in [5.74, 6) is 1.11. The van der Waals surface area contributed by atoms with E-state index in [-0.39, 0.29) is 11.2 Å². The van der Waals surface area contributed by atoms with Crippen LogP contribution in [0.15, 0.2) is 78.9 Å². The van der Waals surface area contributed by atoms with Gasteiger partial charge in [-0.2, -0.15) is 0 Å². The molecule has 0 aliphatic carbocycles. The van der Waals surface area contributed by atoms with Crippen molar-refractivity contribution in [1.29, 1.82) is 0 Å². The highest BCUT2D eigenvalue weighted by Gasteiger charge is 2.26. The zero-order chi connectivity index (χ0) is 22.9. The standard InChI is InChI=1S/C30H30O2/c1-20-21(2)28-8-6-7-9-29(28)22(3)27(20)18-19-30(4,23-10-14-25(31)15-11-23)24-12-16-26(32-5)17-13-24/h6-19,31H,1-5H3/b19-18-. The lowest BCUT2D eigenvalue weighted by atomic mass is 9.75. The molecule has 0 aliphatic rings. The molecule has 0 fully saturated rings. The van der Waals surface area contributed by atoms with Crippen LogP contribution in [-0.2, 0) is 5.41 Å². The number of ether oxygens (including phenoxy) is 1. The van der Waals surface area contributed by atoms with Crippen LogP contribution in [0, 0.1) is 20.8 Å². The number of rotatable bonds is 5. The highest BCUT2D eigenvalue weighted by molar-refractivity contribution is 5.92. The Balaban J connectivity index is 1.89. The molecule has 2 nitrogen and oxygen atoms in total. The second-order valence-corrected chi connectivity index (χ2v) is 8.65. The van der Waals surface area contributed by atoms with Gasteiger partial charge < -0.3 is 9.84 Å². The van der Waals surface area contributed by atoms with Gasteiger partial charge in [-0.15, -0.1) is 0 Å². The first-order valence-corrected chi connectivity index (χ1v) is 11.0. The van der Waals surface area contributed by atoms with E-state index in [2.05, 4.69) is 76.2 Å². The average molecular weight is 423 g/mol. The lowest BCUT2D eigenvalue weighted by Crippen LogP contribution is -2.20. The van der Waals surface area contributed by atoms with Crippen molar-refractivity contribution in [1.82, 2.24) is 0 Å². The molecule has 162 valence electrons. The minimum atomic E-state index is -0.377. The fourth-order valence-corrected chi connectivity index (χ4v) is 4.57. The van der Waals surface area contributed by atoms with Crippen molar-refractivity contribution in [2.75, 3.05) is 7.11 Å². The largest absolute Gasteiger partial charge is 0.508 e. The van der Waals surface area contributed by atoms with E-state index in [4.69, 9.17) is 4.74 Å². The molecule has 4 rings (SSSR count). The Bertz CT molecular complexity index is 1280. The van der Waals surface area contributed by atoms with Gasteiger partial charge in [0.2, 0.25) is 0 Å². The Kier molecular flexibility index (Phi) is 5.80. The normalized spacial score (nSPS) is 13.4. The number of aromatic hydroxyl groups is 1. The molecule has 4 aromatic rings. The van der Waals surface area contributed by atoms with Gasteiger partial charge in [-0.3, -0.25) is 0 Å². The van der Waals surface area contributed by atoms with Crippen molar-refractivity contribution < 1.29 is 9.84 Å². The predicted octanol–water partition coefficient (Wildman–Crippen LogP) is 7.50. The van der Waals surface area contributed by atoms with Gasteiger partial charge in [0.1, 0.15) is 11.5 Å². The molecule has 0 saturated heterocycles. The fourth-order valence-electron chi connectivity index (χ4n) is 4.57. The van der Waals surface area contributed by atoms with Crippen molar-refractivity contribution in [3.63, 3.8) is 0 Å². The number of phenols is 1. The minimum absolute atomic E-state index is 0.270. The van der Waals surface area contributed by atoms with Crippen LogP contribution in [0.4, 0.5) is 0 Å². The molecule has 0 saturated carbocycles. The van der Waals surface area contributed by atoms with E-state index in [0.29, 0.717) is 0 Å². The molecule has 0 amide bonds. The van der Waals surface area contributed by atoms with Gasteiger partial charge >= 0.3 is 0 Å². The van der Waals surface area contributed by atoms with E-state index in [0.717, 1.165) is 16.9 Å². The third-order valence-electron chi connectivity index (χ3n) is 6.85. The summed E-state index contributed by atoms with van der Waals surface area (Å²) in [7, 11) is 1.68. The molecule has 0 heterocycles. The summed E-state index contributed by atoms with van der Waals surface area (Å²) in [4.78, 5) is 0. The number of hydrogen-bond donors (Lipinski definition) is 1. The van der Waals surface area contributed by atoms with Gasteiger partial charge in [-0.05, 0) is 96.1 Å². The molecule has 0 aliphatic heterocycles.